The monoisotopic (exact) mass is 339 g/mol. The average Bonchev–Trinajstić information content (AvgIpc) is 2.54. The molecule has 0 N–H and O–H groups in total. The minimum atomic E-state index is 0.0243. The van der Waals surface area contributed by atoms with Gasteiger partial charge in [0.2, 0.25) is 11.8 Å². The third kappa shape index (κ3) is 4.93. The standard InChI is InChI=1S/C18H33N3O3/c1-14(2)21(15(3)4)17(22)13-19-7-5-6-16(12-19)18(23)20-8-10-24-11-9-20/h14-16H,5-13H2,1-4H3. The lowest BCUT2D eigenvalue weighted by Crippen LogP contribution is -2.51. The predicted octanol–water partition coefficient (Wildman–Crippen LogP) is 1.20. The molecule has 0 aromatic carbocycles. The summed E-state index contributed by atoms with van der Waals surface area (Å²) in [6, 6.07) is 0.404. The lowest BCUT2D eigenvalue weighted by Gasteiger charge is -2.38. The maximum absolute atomic E-state index is 12.7. The van der Waals surface area contributed by atoms with Gasteiger partial charge in [0, 0.05) is 31.7 Å². The van der Waals surface area contributed by atoms with E-state index in [0.29, 0.717) is 39.4 Å². The van der Waals surface area contributed by atoms with Gasteiger partial charge in [-0.2, -0.15) is 0 Å². The van der Waals surface area contributed by atoms with Gasteiger partial charge in [-0.25, -0.2) is 0 Å². The zero-order chi connectivity index (χ0) is 17.7. The summed E-state index contributed by atoms with van der Waals surface area (Å²) in [6.45, 7) is 12.9. The number of rotatable bonds is 5. The van der Waals surface area contributed by atoms with Crippen molar-refractivity contribution in [2.75, 3.05) is 45.9 Å². The van der Waals surface area contributed by atoms with Gasteiger partial charge in [-0.05, 0) is 47.1 Å². The van der Waals surface area contributed by atoms with Crippen molar-refractivity contribution in [3.63, 3.8) is 0 Å². The second-order valence-electron chi connectivity index (χ2n) is 7.50. The molecule has 1 unspecified atom stereocenters. The second-order valence-corrected chi connectivity index (χ2v) is 7.50. The fourth-order valence-corrected chi connectivity index (χ4v) is 3.89. The van der Waals surface area contributed by atoms with E-state index >= 15 is 0 Å². The Labute approximate surface area is 146 Å². The van der Waals surface area contributed by atoms with Crippen LogP contribution in [0.25, 0.3) is 0 Å². The van der Waals surface area contributed by atoms with Crippen LogP contribution in [0, 0.1) is 5.92 Å². The smallest absolute Gasteiger partial charge is 0.237 e. The molecule has 2 aliphatic rings. The Kier molecular flexibility index (Phi) is 7.04. The van der Waals surface area contributed by atoms with Crippen LogP contribution < -0.4 is 0 Å². The van der Waals surface area contributed by atoms with E-state index in [-0.39, 0.29) is 29.8 Å². The van der Waals surface area contributed by atoms with Crippen molar-refractivity contribution in [2.24, 2.45) is 5.92 Å². The third-order valence-electron chi connectivity index (χ3n) is 4.94. The Morgan fingerprint density at radius 2 is 1.71 bits per heavy atom. The minimum Gasteiger partial charge on any atom is -0.378 e. The van der Waals surface area contributed by atoms with Crippen LogP contribution in [0.4, 0.5) is 0 Å². The highest BCUT2D eigenvalue weighted by molar-refractivity contribution is 5.80. The normalized spacial score (nSPS) is 22.9. The summed E-state index contributed by atoms with van der Waals surface area (Å²) in [6.07, 6.45) is 1.91. The van der Waals surface area contributed by atoms with Crippen LogP contribution in [0.2, 0.25) is 0 Å². The fraction of sp³-hybridized carbons (Fsp3) is 0.889. The van der Waals surface area contributed by atoms with Gasteiger partial charge in [-0.15, -0.1) is 0 Å². The number of piperidine rings is 1. The van der Waals surface area contributed by atoms with Crippen molar-refractivity contribution in [3.8, 4) is 0 Å². The van der Waals surface area contributed by atoms with E-state index in [4.69, 9.17) is 4.74 Å². The van der Waals surface area contributed by atoms with E-state index in [1.54, 1.807) is 0 Å². The number of hydrogen-bond donors (Lipinski definition) is 0. The molecule has 6 heteroatoms. The lowest BCUT2D eigenvalue weighted by atomic mass is 9.96. The van der Waals surface area contributed by atoms with Crippen LogP contribution >= 0.6 is 0 Å². The molecular formula is C18H33N3O3. The molecule has 0 aromatic heterocycles. The number of carbonyl (C=O) groups excluding carboxylic acids is 2. The Balaban J connectivity index is 1.90. The predicted molar refractivity (Wildman–Crippen MR) is 93.7 cm³/mol. The van der Waals surface area contributed by atoms with Gasteiger partial charge in [-0.3, -0.25) is 14.5 Å². The number of hydrogen-bond acceptors (Lipinski definition) is 4. The molecule has 2 saturated heterocycles. The molecule has 0 spiro atoms. The summed E-state index contributed by atoms with van der Waals surface area (Å²) >= 11 is 0. The molecule has 6 nitrogen and oxygen atoms in total. The van der Waals surface area contributed by atoms with Crippen LogP contribution in [0.15, 0.2) is 0 Å². The largest absolute Gasteiger partial charge is 0.378 e. The highest BCUT2D eigenvalue weighted by Gasteiger charge is 2.31. The second kappa shape index (κ2) is 8.81. The van der Waals surface area contributed by atoms with Crippen LogP contribution in [-0.4, -0.2) is 84.5 Å². The molecule has 138 valence electrons. The summed E-state index contributed by atoms with van der Waals surface area (Å²) in [5, 5.41) is 0. The van der Waals surface area contributed by atoms with Crippen molar-refractivity contribution in [1.29, 1.82) is 0 Å². The van der Waals surface area contributed by atoms with Gasteiger partial charge in [0.05, 0.1) is 25.7 Å². The van der Waals surface area contributed by atoms with Gasteiger partial charge >= 0.3 is 0 Å². The molecule has 0 bridgehead atoms. The first kappa shape index (κ1) is 19.2. The number of carbonyl (C=O) groups is 2. The summed E-state index contributed by atoms with van der Waals surface area (Å²) in [5.41, 5.74) is 0. The van der Waals surface area contributed by atoms with Crippen LogP contribution in [0.5, 0.6) is 0 Å². The number of ether oxygens (including phenoxy) is 1. The summed E-state index contributed by atoms with van der Waals surface area (Å²) in [4.78, 5) is 31.4. The van der Waals surface area contributed by atoms with E-state index in [0.717, 1.165) is 19.4 Å². The first-order chi connectivity index (χ1) is 11.4. The van der Waals surface area contributed by atoms with E-state index in [1.807, 2.05) is 9.80 Å². The molecule has 2 fully saturated rings. The quantitative estimate of drug-likeness (QED) is 0.755. The van der Waals surface area contributed by atoms with Crippen molar-refractivity contribution >= 4 is 11.8 Å². The SMILES string of the molecule is CC(C)N(C(=O)CN1CCCC(C(=O)N2CCOCC2)C1)C(C)C. The summed E-state index contributed by atoms with van der Waals surface area (Å²) < 4.78 is 5.33. The van der Waals surface area contributed by atoms with Crippen LogP contribution in [0.3, 0.4) is 0 Å². The minimum absolute atomic E-state index is 0.0243. The Morgan fingerprint density at radius 1 is 1.08 bits per heavy atom. The van der Waals surface area contributed by atoms with Gasteiger partial charge in [-0.1, -0.05) is 0 Å². The third-order valence-corrected chi connectivity index (χ3v) is 4.94. The maximum Gasteiger partial charge on any atom is 0.237 e. The Hall–Kier alpha value is -1.14. The zero-order valence-corrected chi connectivity index (χ0v) is 15.7. The topological polar surface area (TPSA) is 53.1 Å². The Bertz CT molecular complexity index is 425. The molecule has 2 aliphatic heterocycles. The number of amides is 2. The van der Waals surface area contributed by atoms with Gasteiger partial charge < -0.3 is 14.5 Å². The molecule has 2 heterocycles. The zero-order valence-electron chi connectivity index (χ0n) is 15.7. The van der Waals surface area contributed by atoms with Crippen molar-refractivity contribution in [2.45, 2.75) is 52.6 Å². The fourth-order valence-electron chi connectivity index (χ4n) is 3.89. The Morgan fingerprint density at radius 3 is 2.29 bits per heavy atom. The number of morpholine rings is 1. The molecule has 0 aromatic rings. The van der Waals surface area contributed by atoms with Crippen molar-refractivity contribution in [3.05, 3.63) is 0 Å². The van der Waals surface area contributed by atoms with Gasteiger partial charge in [0.25, 0.3) is 0 Å². The molecule has 0 saturated carbocycles. The molecule has 0 aliphatic carbocycles. The maximum atomic E-state index is 12.7. The molecule has 1 atom stereocenters. The molecule has 2 amide bonds. The summed E-state index contributed by atoms with van der Waals surface area (Å²) in [5.74, 6) is 0.427. The van der Waals surface area contributed by atoms with Crippen LogP contribution in [0.1, 0.15) is 40.5 Å². The van der Waals surface area contributed by atoms with E-state index in [1.165, 1.54) is 0 Å². The van der Waals surface area contributed by atoms with Crippen molar-refractivity contribution < 1.29 is 14.3 Å². The lowest BCUT2D eigenvalue weighted by molar-refractivity contribution is -0.143. The van der Waals surface area contributed by atoms with Crippen molar-refractivity contribution in [1.82, 2.24) is 14.7 Å². The van der Waals surface area contributed by atoms with E-state index < -0.39 is 0 Å². The highest BCUT2D eigenvalue weighted by Crippen LogP contribution is 2.20. The molecule has 2 rings (SSSR count). The first-order valence-corrected chi connectivity index (χ1v) is 9.30. The van der Waals surface area contributed by atoms with Crippen LogP contribution in [-0.2, 0) is 14.3 Å². The number of nitrogens with zero attached hydrogens (tertiary/aromatic N) is 3. The molecule has 24 heavy (non-hydrogen) atoms. The average molecular weight is 339 g/mol. The highest BCUT2D eigenvalue weighted by atomic mass is 16.5. The summed E-state index contributed by atoms with van der Waals surface area (Å²) in [7, 11) is 0. The molecule has 0 radical (unpaired) electrons. The number of likely N-dealkylation sites (tertiary alicyclic amines) is 1. The van der Waals surface area contributed by atoms with E-state index in [9.17, 15) is 9.59 Å². The first-order valence-electron chi connectivity index (χ1n) is 9.30. The van der Waals surface area contributed by atoms with E-state index in [2.05, 4.69) is 32.6 Å². The van der Waals surface area contributed by atoms with Gasteiger partial charge in [0.1, 0.15) is 0 Å². The van der Waals surface area contributed by atoms with Gasteiger partial charge in [0.15, 0.2) is 0 Å². The molecular weight excluding hydrogens is 306 g/mol.